The van der Waals surface area contributed by atoms with Gasteiger partial charge in [-0.15, -0.1) is 5.10 Å². The van der Waals surface area contributed by atoms with Crippen LogP contribution in [0, 0.1) is 0 Å². The lowest BCUT2D eigenvalue weighted by Gasteiger charge is -2.06. The Morgan fingerprint density at radius 1 is 1.40 bits per heavy atom. The molecule has 0 fully saturated rings. The molecule has 0 radical (unpaired) electrons. The molecule has 0 saturated carbocycles. The molecule has 2 aromatic rings. The zero-order chi connectivity index (χ0) is 13.5. The fourth-order valence-electron chi connectivity index (χ4n) is 1.57. The number of tetrazole rings is 1. The third kappa shape index (κ3) is 4.99. The second kappa shape index (κ2) is 8.78. The minimum absolute atomic E-state index is 0. The average molecular weight is 315 g/mol. The van der Waals surface area contributed by atoms with Gasteiger partial charge in [-0.3, -0.25) is 0 Å². The molecule has 6 nitrogen and oxygen atoms in total. The highest BCUT2D eigenvalue weighted by molar-refractivity contribution is 7.99. The molecule has 1 aromatic carbocycles. The summed E-state index contributed by atoms with van der Waals surface area (Å²) in [6, 6.07) is 8.05. The van der Waals surface area contributed by atoms with Crippen LogP contribution in [0.1, 0.15) is 5.56 Å². The Kier molecular flexibility index (Phi) is 7.35. The average Bonchev–Trinajstić information content (AvgIpc) is 2.84. The van der Waals surface area contributed by atoms with Crippen LogP contribution < -0.4 is 22.5 Å². The van der Waals surface area contributed by atoms with Crippen LogP contribution in [0.2, 0.25) is 0 Å². The van der Waals surface area contributed by atoms with Crippen LogP contribution in [-0.2, 0) is 13.6 Å². The molecule has 0 aliphatic rings. The van der Waals surface area contributed by atoms with E-state index < -0.39 is 0 Å². The topological polar surface area (TPSA) is 64.9 Å². The Morgan fingerprint density at radius 2 is 2.25 bits per heavy atom. The predicted molar refractivity (Wildman–Crippen MR) is 74.2 cm³/mol. The standard InChI is InChI=1S/C12H17N5OS.ClH/c1-17-12(14-15-16-17)19-7-6-13-9-10-4-3-5-11(8-10)18-2;/h3-5,8,13H,6-7,9H2,1-2H3;1H/p-1. The maximum absolute atomic E-state index is 5.19. The second-order valence-electron chi connectivity index (χ2n) is 3.96. The summed E-state index contributed by atoms with van der Waals surface area (Å²) in [6.45, 7) is 1.73. The van der Waals surface area contributed by atoms with E-state index in [-0.39, 0.29) is 12.4 Å². The summed E-state index contributed by atoms with van der Waals surface area (Å²) in [5.41, 5.74) is 1.21. The van der Waals surface area contributed by atoms with E-state index in [0.717, 1.165) is 29.7 Å². The lowest BCUT2D eigenvalue weighted by molar-refractivity contribution is -0.00000448. The first-order chi connectivity index (χ1) is 9.29. The lowest BCUT2D eigenvalue weighted by atomic mass is 10.2. The summed E-state index contributed by atoms with van der Waals surface area (Å²) >= 11 is 1.64. The van der Waals surface area contributed by atoms with Crippen LogP contribution in [0.5, 0.6) is 5.75 Å². The van der Waals surface area contributed by atoms with E-state index in [0.29, 0.717) is 0 Å². The quantitative estimate of drug-likeness (QED) is 0.476. The molecule has 0 amide bonds. The maximum Gasteiger partial charge on any atom is 0.209 e. The summed E-state index contributed by atoms with van der Waals surface area (Å²) in [6.07, 6.45) is 0. The smallest absolute Gasteiger partial charge is 0.209 e. The Morgan fingerprint density at radius 3 is 2.95 bits per heavy atom. The number of hydrogen-bond acceptors (Lipinski definition) is 6. The summed E-state index contributed by atoms with van der Waals surface area (Å²) < 4.78 is 6.86. The zero-order valence-electron chi connectivity index (χ0n) is 11.4. The van der Waals surface area contributed by atoms with Gasteiger partial charge in [0.05, 0.1) is 7.11 Å². The number of ether oxygens (including phenoxy) is 1. The summed E-state index contributed by atoms with van der Waals surface area (Å²) in [4.78, 5) is 0. The molecule has 0 aliphatic carbocycles. The fraction of sp³-hybridized carbons (Fsp3) is 0.417. The number of nitrogens with one attached hydrogen (secondary N) is 1. The van der Waals surface area contributed by atoms with E-state index in [9.17, 15) is 0 Å². The van der Waals surface area contributed by atoms with Crippen LogP contribution in [-0.4, -0.2) is 39.6 Å². The Bertz CT molecular complexity index is 522. The van der Waals surface area contributed by atoms with Crippen molar-refractivity contribution in [2.75, 3.05) is 19.4 Å². The van der Waals surface area contributed by atoms with Gasteiger partial charge in [0.15, 0.2) is 0 Å². The van der Waals surface area contributed by atoms with Gasteiger partial charge >= 0.3 is 0 Å². The molecule has 0 aliphatic heterocycles. The van der Waals surface area contributed by atoms with Gasteiger partial charge in [0.25, 0.3) is 0 Å². The minimum atomic E-state index is 0. The number of nitrogens with zero attached hydrogens (tertiary/aromatic N) is 4. The van der Waals surface area contributed by atoms with Crippen LogP contribution >= 0.6 is 11.8 Å². The van der Waals surface area contributed by atoms with Gasteiger partial charge in [0, 0.05) is 25.9 Å². The normalized spacial score (nSPS) is 10.1. The highest BCUT2D eigenvalue weighted by atomic mass is 35.5. The van der Waals surface area contributed by atoms with E-state index in [1.165, 1.54) is 5.56 Å². The van der Waals surface area contributed by atoms with Crippen molar-refractivity contribution < 1.29 is 17.1 Å². The van der Waals surface area contributed by atoms with Crippen molar-refractivity contribution in [1.82, 2.24) is 25.5 Å². The van der Waals surface area contributed by atoms with Crippen molar-refractivity contribution in [1.29, 1.82) is 0 Å². The highest BCUT2D eigenvalue weighted by Crippen LogP contribution is 2.13. The number of aryl methyl sites for hydroxylation is 1. The zero-order valence-corrected chi connectivity index (χ0v) is 13.0. The van der Waals surface area contributed by atoms with Gasteiger partial charge in [-0.2, -0.15) is 0 Å². The molecule has 0 atom stereocenters. The number of aromatic nitrogens is 4. The minimum Gasteiger partial charge on any atom is -1.00 e. The van der Waals surface area contributed by atoms with Gasteiger partial charge in [-0.25, -0.2) is 4.68 Å². The van der Waals surface area contributed by atoms with Gasteiger partial charge in [-0.05, 0) is 28.1 Å². The Balaban J connectivity index is 0.00000200. The molecule has 1 heterocycles. The molecule has 1 N–H and O–H groups in total. The number of benzene rings is 1. The molecule has 1 aromatic heterocycles. The van der Waals surface area contributed by atoms with Crippen molar-refractivity contribution >= 4 is 11.8 Å². The van der Waals surface area contributed by atoms with Crippen molar-refractivity contribution in [2.45, 2.75) is 11.7 Å². The summed E-state index contributed by atoms with van der Waals surface area (Å²) in [5.74, 6) is 1.82. The molecule has 8 heteroatoms. The monoisotopic (exact) mass is 314 g/mol. The molecule has 0 saturated heterocycles. The van der Waals surface area contributed by atoms with Crippen molar-refractivity contribution in [3.63, 3.8) is 0 Å². The Hall–Kier alpha value is -1.31. The first-order valence-corrected chi connectivity index (χ1v) is 6.97. The number of rotatable bonds is 7. The molecular weight excluding hydrogens is 298 g/mol. The van der Waals surface area contributed by atoms with Crippen molar-refractivity contribution in [3.8, 4) is 5.75 Å². The van der Waals surface area contributed by atoms with E-state index in [1.54, 1.807) is 23.6 Å². The van der Waals surface area contributed by atoms with E-state index in [4.69, 9.17) is 4.74 Å². The fourth-order valence-corrected chi connectivity index (χ4v) is 2.32. The number of thioether (sulfide) groups is 1. The highest BCUT2D eigenvalue weighted by Gasteiger charge is 2.01. The van der Waals surface area contributed by atoms with Gasteiger partial charge in [0.2, 0.25) is 5.16 Å². The largest absolute Gasteiger partial charge is 1.00 e. The molecule has 110 valence electrons. The van der Waals surface area contributed by atoms with Crippen LogP contribution in [0.4, 0.5) is 0 Å². The molecule has 0 unspecified atom stereocenters. The van der Waals surface area contributed by atoms with E-state index in [1.807, 2.05) is 25.2 Å². The molecule has 2 rings (SSSR count). The lowest BCUT2D eigenvalue weighted by Crippen LogP contribution is -3.00. The summed E-state index contributed by atoms with van der Waals surface area (Å²) in [7, 11) is 3.52. The number of halogens is 1. The van der Waals surface area contributed by atoms with E-state index in [2.05, 4.69) is 26.9 Å². The number of hydrogen-bond donors (Lipinski definition) is 1. The second-order valence-corrected chi connectivity index (χ2v) is 5.02. The van der Waals surface area contributed by atoms with Crippen LogP contribution in [0.3, 0.4) is 0 Å². The molecule has 0 bridgehead atoms. The molecule has 20 heavy (non-hydrogen) atoms. The van der Waals surface area contributed by atoms with Crippen LogP contribution in [0.25, 0.3) is 0 Å². The number of methoxy groups -OCH3 is 1. The first-order valence-electron chi connectivity index (χ1n) is 5.98. The van der Waals surface area contributed by atoms with E-state index >= 15 is 0 Å². The summed E-state index contributed by atoms with van der Waals surface area (Å²) in [5, 5.41) is 15.5. The Labute approximate surface area is 128 Å². The maximum atomic E-state index is 5.19. The van der Waals surface area contributed by atoms with Gasteiger partial charge in [-0.1, -0.05) is 23.9 Å². The third-order valence-electron chi connectivity index (χ3n) is 2.55. The molecule has 0 spiro atoms. The van der Waals surface area contributed by atoms with Gasteiger partial charge < -0.3 is 22.5 Å². The molecular formula is C12H17ClN5OS-. The van der Waals surface area contributed by atoms with Crippen LogP contribution in [0.15, 0.2) is 29.4 Å². The third-order valence-corrected chi connectivity index (χ3v) is 3.57. The predicted octanol–water partition coefficient (Wildman–Crippen LogP) is -1.90. The SMILES string of the molecule is COc1cccc(CNCCSc2nnnn2C)c1.[Cl-]. The van der Waals surface area contributed by atoms with Crippen molar-refractivity contribution in [3.05, 3.63) is 29.8 Å². The first kappa shape index (κ1) is 16.7. The van der Waals surface area contributed by atoms with Gasteiger partial charge in [0.1, 0.15) is 5.75 Å². The van der Waals surface area contributed by atoms with Crippen molar-refractivity contribution in [2.24, 2.45) is 7.05 Å².